The van der Waals surface area contributed by atoms with E-state index in [0.717, 1.165) is 37.0 Å². The number of ether oxygens (including phenoxy) is 1. The van der Waals surface area contributed by atoms with Gasteiger partial charge in [0, 0.05) is 18.5 Å². The van der Waals surface area contributed by atoms with Gasteiger partial charge in [-0.25, -0.2) is 0 Å². The van der Waals surface area contributed by atoms with Crippen LogP contribution in [0.25, 0.3) is 0 Å². The Morgan fingerprint density at radius 1 is 1.13 bits per heavy atom. The van der Waals surface area contributed by atoms with E-state index < -0.39 is 0 Å². The fraction of sp³-hybridized carbons (Fsp3) is 0.889. The average molecular weight is 320 g/mol. The molecular formula is C18H28N2O3. The van der Waals surface area contributed by atoms with Gasteiger partial charge in [0.1, 0.15) is 0 Å². The number of nitrogens with zero attached hydrogens (tertiary/aromatic N) is 1. The van der Waals surface area contributed by atoms with Gasteiger partial charge in [0.05, 0.1) is 19.3 Å². The van der Waals surface area contributed by atoms with Crippen LogP contribution in [-0.4, -0.2) is 49.1 Å². The summed E-state index contributed by atoms with van der Waals surface area (Å²) in [7, 11) is 0. The summed E-state index contributed by atoms with van der Waals surface area (Å²) >= 11 is 0. The maximum atomic E-state index is 12.8. The van der Waals surface area contributed by atoms with E-state index in [-0.39, 0.29) is 29.9 Å². The molecule has 0 aromatic rings. The molecule has 4 saturated carbocycles. The van der Waals surface area contributed by atoms with Crippen molar-refractivity contribution in [1.29, 1.82) is 0 Å². The summed E-state index contributed by atoms with van der Waals surface area (Å²) in [5, 5.41) is 2.98. The molecule has 1 aliphatic heterocycles. The van der Waals surface area contributed by atoms with E-state index in [4.69, 9.17) is 4.74 Å². The van der Waals surface area contributed by atoms with Gasteiger partial charge < -0.3 is 15.0 Å². The maximum Gasteiger partial charge on any atom is 0.242 e. The lowest BCUT2D eigenvalue weighted by atomic mass is 9.49. The third-order valence-electron chi connectivity index (χ3n) is 6.51. The van der Waals surface area contributed by atoms with E-state index in [1.807, 2.05) is 11.8 Å². The molecule has 5 fully saturated rings. The predicted molar refractivity (Wildman–Crippen MR) is 85.6 cm³/mol. The Morgan fingerprint density at radius 2 is 1.74 bits per heavy atom. The van der Waals surface area contributed by atoms with Crippen LogP contribution < -0.4 is 5.32 Å². The number of hydrogen-bond donors (Lipinski definition) is 1. The van der Waals surface area contributed by atoms with Gasteiger partial charge in [-0.3, -0.25) is 9.59 Å². The minimum absolute atomic E-state index is 0.0261. The molecule has 0 spiro atoms. The molecule has 0 radical (unpaired) electrons. The third kappa shape index (κ3) is 2.88. The number of rotatable bonds is 3. The van der Waals surface area contributed by atoms with E-state index in [9.17, 15) is 9.59 Å². The van der Waals surface area contributed by atoms with Gasteiger partial charge in [-0.05, 0) is 63.2 Å². The number of carbonyl (C=O) groups is 2. The lowest BCUT2D eigenvalue weighted by Gasteiger charge is -2.55. The first-order valence-electron chi connectivity index (χ1n) is 9.22. The van der Waals surface area contributed by atoms with Crippen LogP contribution in [0.15, 0.2) is 0 Å². The topological polar surface area (TPSA) is 58.6 Å². The molecule has 1 unspecified atom stereocenters. The number of carbonyl (C=O) groups excluding carboxylic acids is 2. The predicted octanol–water partition coefficient (Wildman–Crippen LogP) is 1.57. The first kappa shape index (κ1) is 15.4. The van der Waals surface area contributed by atoms with Gasteiger partial charge in [-0.15, -0.1) is 0 Å². The summed E-state index contributed by atoms with van der Waals surface area (Å²) in [6, 6.07) is 0. The van der Waals surface area contributed by atoms with Gasteiger partial charge in [-0.2, -0.15) is 0 Å². The summed E-state index contributed by atoms with van der Waals surface area (Å²) in [6.07, 6.45) is 7.23. The Balaban J connectivity index is 1.34. The molecule has 5 heteroatoms. The van der Waals surface area contributed by atoms with Crippen LogP contribution in [0.1, 0.15) is 45.4 Å². The standard InChI is InChI=1S/C18H28N2O3/c1-12-11-20(2-3-23-12)16(21)10-19-17(22)18-7-13-4-14(8-18)6-15(5-13)9-18/h12-15H,2-11H2,1H3,(H,19,22). The van der Waals surface area contributed by atoms with E-state index in [2.05, 4.69) is 5.32 Å². The Kier molecular flexibility index (Phi) is 3.87. The smallest absolute Gasteiger partial charge is 0.242 e. The number of hydrogen-bond acceptors (Lipinski definition) is 3. The Bertz CT molecular complexity index is 469. The lowest BCUT2D eigenvalue weighted by Crippen LogP contribution is -2.55. The van der Waals surface area contributed by atoms with Crippen molar-refractivity contribution >= 4 is 11.8 Å². The fourth-order valence-electron chi connectivity index (χ4n) is 5.89. The second kappa shape index (κ2) is 5.76. The maximum absolute atomic E-state index is 12.8. The molecule has 23 heavy (non-hydrogen) atoms. The molecule has 5 rings (SSSR count). The summed E-state index contributed by atoms with van der Waals surface area (Å²) in [4.78, 5) is 27.0. The molecule has 1 saturated heterocycles. The normalized spacial score (nSPS) is 41.9. The molecule has 128 valence electrons. The highest BCUT2D eigenvalue weighted by atomic mass is 16.5. The summed E-state index contributed by atoms with van der Waals surface area (Å²) in [6.45, 7) is 3.99. The zero-order chi connectivity index (χ0) is 16.0. The van der Waals surface area contributed by atoms with E-state index >= 15 is 0 Å². The molecule has 1 heterocycles. The zero-order valence-corrected chi connectivity index (χ0v) is 14.1. The lowest BCUT2D eigenvalue weighted by molar-refractivity contribution is -0.149. The van der Waals surface area contributed by atoms with Crippen molar-refractivity contribution in [1.82, 2.24) is 10.2 Å². The molecule has 4 bridgehead atoms. The first-order chi connectivity index (χ1) is 11.0. The monoisotopic (exact) mass is 320 g/mol. The van der Waals surface area contributed by atoms with Crippen LogP contribution >= 0.6 is 0 Å². The quantitative estimate of drug-likeness (QED) is 0.859. The molecule has 1 N–H and O–H groups in total. The second-order valence-electron chi connectivity index (χ2n) is 8.40. The first-order valence-corrected chi connectivity index (χ1v) is 9.22. The van der Waals surface area contributed by atoms with Gasteiger partial charge in [0.2, 0.25) is 11.8 Å². The van der Waals surface area contributed by atoms with Crippen molar-refractivity contribution in [3.05, 3.63) is 0 Å². The number of amides is 2. The SMILES string of the molecule is CC1CN(C(=O)CNC(=O)C23CC4CC(CC(C4)C2)C3)CCO1. The van der Waals surface area contributed by atoms with Crippen LogP contribution in [-0.2, 0) is 14.3 Å². The highest BCUT2D eigenvalue weighted by Crippen LogP contribution is 2.60. The third-order valence-corrected chi connectivity index (χ3v) is 6.51. The van der Waals surface area contributed by atoms with Gasteiger partial charge in [0.15, 0.2) is 0 Å². The van der Waals surface area contributed by atoms with Crippen molar-refractivity contribution < 1.29 is 14.3 Å². The van der Waals surface area contributed by atoms with E-state index in [1.54, 1.807) is 0 Å². The Morgan fingerprint density at radius 3 is 2.30 bits per heavy atom. The molecule has 2 amide bonds. The van der Waals surface area contributed by atoms with Crippen molar-refractivity contribution in [2.45, 2.75) is 51.6 Å². The van der Waals surface area contributed by atoms with Crippen molar-refractivity contribution in [3.8, 4) is 0 Å². The van der Waals surface area contributed by atoms with Gasteiger partial charge >= 0.3 is 0 Å². The molecule has 1 atom stereocenters. The van der Waals surface area contributed by atoms with E-state index in [1.165, 1.54) is 19.3 Å². The average Bonchev–Trinajstić information content (AvgIpc) is 2.51. The minimum atomic E-state index is -0.159. The molecule has 0 aromatic heterocycles. The van der Waals surface area contributed by atoms with E-state index in [0.29, 0.717) is 19.7 Å². The highest BCUT2D eigenvalue weighted by Gasteiger charge is 2.54. The summed E-state index contributed by atoms with van der Waals surface area (Å²) in [5.74, 6) is 2.43. The van der Waals surface area contributed by atoms with Crippen LogP contribution in [0.5, 0.6) is 0 Å². The van der Waals surface area contributed by atoms with Crippen molar-refractivity contribution in [2.75, 3.05) is 26.2 Å². The molecule has 0 aromatic carbocycles. The number of morpholine rings is 1. The van der Waals surface area contributed by atoms with Crippen molar-refractivity contribution in [3.63, 3.8) is 0 Å². The Hall–Kier alpha value is -1.10. The molecular weight excluding hydrogens is 292 g/mol. The number of nitrogens with one attached hydrogen (secondary N) is 1. The van der Waals surface area contributed by atoms with Crippen LogP contribution in [0, 0.1) is 23.2 Å². The summed E-state index contributed by atoms with van der Waals surface area (Å²) < 4.78 is 5.47. The van der Waals surface area contributed by atoms with Crippen LogP contribution in [0.2, 0.25) is 0 Å². The largest absolute Gasteiger partial charge is 0.375 e. The van der Waals surface area contributed by atoms with Crippen LogP contribution in [0.4, 0.5) is 0 Å². The minimum Gasteiger partial charge on any atom is -0.375 e. The van der Waals surface area contributed by atoms with Crippen molar-refractivity contribution in [2.24, 2.45) is 23.2 Å². The Labute approximate surface area is 138 Å². The highest BCUT2D eigenvalue weighted by molar-refractivity contribution is 5.88. The van der Waals surface area contributed by atoms with Gasteiger partial charge in [-0.1, -0.05) is 0 Å². The molecule has 5 aliphatic rings. The fourth-order valence-corrected chi connectivity index (χ4v) is 5.89. The molecule has 5 nitrogen and oxygen atoms in total. The second-order valence-corrected chi connectivity index (χ2v) is 8.40. The van der Waals surface area contributed by atoms with Gasteiger partial charge in [0.25, 0.3) is 0 Å². The summed E-state index contributed by atoms with van der Waals surface area (Å²) in [5.41, 5.74) is -0.159. The molecule has 4 aliphatic carbocycles. The van der Waals surface area contributed by atoms with Crippen LogP contribution in [0.3, 0.4) is 0 Å². The zero-order valence-electron chi connectivity index (χ0n) is 14.1.